The summed E-state index contributed by atoms with van der Waals surface area (Å²) < 4.78 is 10.7. The van der Waals surface area contributed by atoms with Crippen molar-refractivity contribution in [2.75, 3.05) is 19.5 Å². The summed E-state index contributed by atoms with van der Waals surface area (Å²) in [6.07, 6.45) is 1.41. The van der Waals surface area contributed by atoms with Crippen molar-refractivity contribution in [3.8, 4) is 16.9 Å². The molecule has 1 aromatic carbocycles. The third-order valence-corrected chi connectivity index (χ3v) is 5.55. The first-order valence-electron chi connectivity index (χ1n) is 7.91. The van der Waals surface area contributed by atoms with Gasteiger partial charge >= 0.3 is 5.97 Å². The van der Waals surface area contributed by atoms with Gasteiger partial charge in [-0.1, -0.05) is 23.7 Å². The van der Waals surface area contributed by atoms with E-state index in [1.807, 2.05) is 17.5 Å². The Morgan fingerprint density at radius 3 is 2.54 bits per heavy atom. The number of rotatable bonds is 5. The van der Waals surface area contributed by atoms with E-state index in [1.54, 1.807) is 18.2 Å². The molecule has 2 aromatic heterocycles. The molecule has 6 nitrogen and oxygen atoms in total. The van der Waals surface area contributed by atoms with Gasteiger partial charge in [-0.3, -0.25) is 4.79 Å². The van der Waals surface area contributed by atoms with Crippen LogP contribution in [0.3, 0.4) is 0 Å². The van der Waals surface area contributed by atoms with Crippen molar-refractivity contribution in [1.82, 2.24) is 4.98 Å². The number of nitrogens with one attached hydrogen (secondary N) is 1. The topological polar surface area (TPSA) is 77.5 Å². The number of hydrogen-bond acceptors (Lipinski definition) is 6. The summed E-state index contributed by atoms with van der Waals surface area (Å²) in [6, 6.07) is 8.77. The fourth-order valence-electron chi connectivity index (χ4n) is 2.49. The van der Waals surface area contributed by atoms with Crippen LogP contribution in [0.2, 0.25) is 5.02 Å². The van der Waals surface area contributed by atoms with Crippen LogP contribution < -0.4 is 10.1 Å². The van der Waals surface area contributed by atoms with Gasteiger partial charge in [-0.05, 0) is 39.7 Å². The average molecular weight is 482 g/mol. The summed E-state index contributed by atoms with van der Waals surface area (Å²) in [5.74, 6) is -0.349. The van der Waals surface area contributed by atoms with Crippen molar-refractivity contribution < 1.29 is 19.1 Å². The van der Waals surface area contributed by atoms with E-state index in [0.29, 0.717) is 25.8 Å². The molecule has 144 valence electrons. The number of hydrogen-bond donors (Lipinski definition) is 1. The summed E-state index contributed by atoms with van der Waals surface area (Å²) in [6.45, 7) is 0. The van der Waals surface area contributed by atoms with E-state index in [1.165, 1.54) is 31.8 Å². The zero-order chi connectivity index (χ0) is 20.3. The molecule has 1 N–H and O–H groups in total. The van der Waals surface area contributed by atoms with Crippen LogP contribution in [0, 0.1) is 0 Å². The first-order valence-corrected chi connectivity index (χ1v) is 9.96. The Morgan fingerprint density at radius 1 is 1.21 bits per heavy atom. The van der Waals surface area contributed by atoms with E-state index in [2.05, 4.69) is 26.2 Å². The highest BCUT2D eigenvalue weighted by Gasteiger charge is 2.20. The molecule has 0 spiro atoms. The molecule has 0 fully saturated rings. The third kappa shape index (κ3) is 4.19. The highest BCUT2D eigenvalue weighted by Crippen LogP contribution is 2.39. The zero-order valence-corrected chi connectivity index (χ0v) is 17.9. The van der Waals surface area contributed by atoms with Gasteiger partial charge in [0.15, 0.2) is 10.6 Å². The minimum atomic E-state index is -0.446. The van der Waals surface area contributed by atoms with Crippen LogP contribution in [0.4, 0.5) is 5.69 Å². The van der Waals surface area contributed by atoms with Crippen molar-refractivity contribution in [3.05, 3.63) is 62.0 Å². The lowest BCUT2D eigenvalue weighted by molar-refractivity contribution is 0.0603. The quantitative estimate of drug-likeness (QED) is 0.502. The summed E-state index contributed by atoms with van der Waals surface area (Å²) in [5, 5.41) is 5.04. The number of carbonyl (C=O) groups is 2. The first kappa shape index (κ1) is 20.3. The highest BCUT2D eigenvalue weighted by atomic mass is 79.9. The number of ether oxygens (including phenoxy) is 2. The van der Waals surface area contributed by atoms with Crippen molar-refractivity contribution >= 4 is 56.4 Å². The molecule has 0 saturated carbocycles. The van der Waals surface area contributed by atoms with E-state index in [9.17, 15) is 9.59 Å². The van der Waals surface area contributed by atoms with Crippen LogP contribution in [-0.2, 0) is 4.74 Å². The van der Waals surface area contributed by atoms with Crippen molar-refractivity contribution in [2.24, 2.45) is 0 Å². The number of esters is 1. The largest absolute Gasteiger partial charge is 0.494 e. The van der Waals surface area contributed by atoms with Crippen LogP contribution in [-0.4, -0.2) is 31.1 Å². The van der Waals surface area contributed by atoms with Gasteiger partial charge in [-0.2, -0.15) is 0 Å². The summed E-state index contributed by atoms with van der Waals surface area (Å²) in [7, 11) is 2.83. The van der Waals surface area contributed by atoms with Crippen LogP contribution >= 0.6 is 38.9 Å². The van der Waals surface area contributed by atoms with Crippen molar-refractivity contribution in [1.29, 1.82) is 0 Å². The Balaban J connectivity index is 1.81. The van der Waals surface area contributed by atoms with Crippen LogP contribution in [0.5, 0.6) is 5.75 Å². The molecular formula is C19H14BrClN2O4S. The Bertz CT molecular complexity index is 1040. The predicted octanol–water partition coefficient (Wildman–Crippen LogP) is 5.27. The summed E-state index contributed by atoms with van der Waals surface area (Å²) >= 11 is 10.4. The molecule has 0 saturated heterocycles. The van der Waals surface area contributed by atoms with Gasteiger partial charge in [0.2, 0.25) is 0 Å². The molecule has 0 aliphatic heterocycles. The lowest BCUT2D eigenvalue weighted by atomic mass is 10.1. The minimum Gasteiger partial charge on any atom is -0.494 e. The molecule has 9 heteroatoms. The Morgan fingerprint density at radius 2 is 1.93 bits per heavy atom. The molecule has 28 heavy (non-hydrogen) atoms. The average Bonchev–Trinajstić information content (AvgIpc) is 3.11. The van der Waals surface area contributed by atoms with Crippen LogP contribution in [0.1, 0.15) is 20.2 Å². The molecule has 1 amide bonds. The molecule has 3 aromatic rings. The molecule has 3 rings (SSSR count). The van der Waals surface area contributed by atoms with E-state index < -0.39 is 5.97 Å². The first-order chi connectivity index (χ1) is 13.4. The Hall–Kier alpha value is -2.42. The monoisotopic (exact) mass is 480 g/mol. The summed E-state index contributed by atoms with van der Waals surface area (Å²) in [4.78, 5) is 28.7. The van der Waals surface area contributed by atoms with Crippen LogP contribution in [0.15, 0.2) is 46.4 Å². The van der Waals surface area contributed by atoms with Gasteiger partial charge in [-0.25, -0.2) is 9.78 Å². The van der Waals surface area contributed by atoms with Gasteiger partial charge in [0.1, 0.15) is 5.69 Å². The predicted molar refractivity (Wildman–Crippen MR) is 113 cm³/mol. The maximum atomic E-state index is 12.4. The number of benzene rings is 1. The third-order valence-electron chi connectivity index (χ3n) is 3.80. The lowest BCUT2D eigenvalue weighted by Gasteiger charge is -2.08. The molecule has 0 atom stereocenters. The smallest absolute Gasteiger partial charge is 0.351 e. The van der Waals surface area contributed by atoms with E-state index >= 15 is 0 Å². The molecule has 0 aliphatic rings. The molecule has 0 aliphatic carbocycles. The number of methoxy groups -OCH3 is 2. The standard InChI is InChI=1S/C19H14BrClN2O4S/c1-26-16-13(9-28-17(16)19(25)27-2)10-3-5-12(6-4-10)23-18(24)15-14(20)7-11(21)8-22-15/h3-9H,1-2H3,(H,23,24). The second-order valence-electron chi connectivity index (χ2n) is 5.52. The Labute approximate surface area is 178 Å². The summed E-state index contributed by atoms with van der Waals surface area (Å²) in [5.41, 5.74) is 2.44. The number of pyridine rings is 1. The number of carbonyl (C=O) groups excluding carboxylic acids is 2. The van der Waals surface area contributed by atoms with Crippen molar-refractivity contribution in [2.45, 2.75) is 0 Å². The van der Waals surface area contributed by atoms with Gasteiger partial charge in [-0.15, -0.1) is 11.3 Å². The Kier molecular flexibility index (Phi) is 6.33. The lowest BCUT2D eigenvalue weighted by Crippen LogP contribution is -2.14. The number of aromatic nitrogens is 1. The molecule has 0 radical (unpaired) electrons. The molecule has 0 bridgehead atoms. The number of nitrogens with zero attached hydrogens (tertiary/aromatic N) is 1. The van der Waals surface area contributed by atoms with Gasteiger partial charge in [0.25, 0.3) is 5.91 Å². The van der Waals surface area contributed by atoms with Crippen molar-refractivity contribution in [3.63, 3.8) is 0 Å². The SMILES string of the molecule is COC(=O)c1scc(-c2ccc(NC(=O)c3ncc(Cl)cc3Br)cc2)c1OC. The minimum absolute atomic E-state index is 0.232. The van der Waals surface area contributed by atoms with Crippen LogP contribution in [0.25, 0.3) is 11.1 Å². The number of thiophene rings is 1. The van der Waals surface area contributed by atoms with E-state index in [-0.39, 0.29) is 11.6 Å². The maximum absolute atomic E-state index is 12.4. The van der Waals surface area contributed by atoms with Gasteiger partial charge in [0.05, 0.1) is 23.7 Å². The number of halogens is 2. The number of amides is 1. The zero-order valence-electron chi connectivity index (χ0n) is 14.8. The highest BCUT2D eigenvalue weighted by molar-refractivity contribution is 9.10. The second-order valence-corrected chi connectivity index (χ2v) is 7.69. The molecule has 0 unspecified atom stereocenters. The van der Waals surface area contributed by atoms with Gasteiger partial charge < -0.3 is 14.8 Å². The van der Waals surface area contributed by atoms with E-state index in [0.717, 1.165) is 11.1 Å². The van der Waals surface area contributed by atoms with Gasteiger partial charge in [0, 0.05) is 22.8 Å². The molecular weight excluding hydrogens is 468 g/mol. The fraction of sp³-hybridized carbons (Fsp3) is 0.105. The number of anilines is 1. The normalized spacial score (nSPS) is 10.4. The maximum Gasteiger partial charge on any atom is 0.351 e. The fourth-order valence-corrected chi connectivity index (χ4v) is 4.27. The molecule has 2 heterocycles. The van der Waals surface area contributed by atoms with E-state index in [4.69, 9.17) is 21.1 Å². The second kappa shape index (κ2) is 8.72.